The lowest BCUT2D eigenvalue weighted by atomic mass is 10.1. The highest BCUT2D eigenvalue weighted by molar-refractivity contribution is 5.95. The average molecular weight is 417 g/mol. The average Bonchev–Trinajstić information content (AvgIpc) is 2.75. The summed E-state index contributed by atoms with van der Waals surface area (Å²) >= 11 is 0. The Kier molecular flexibility index (Phi) is 16.2. The maximum Gasteiger partial charge on any atom is 0.253 e. The molecule has 1 aromatic rings. The van der Waals surface area contributed by atoms with Crippen molar-refractivity contribution < 1.29 is 4.79 Å². The summed E-state index contributed by atoms with van der Waals surface area (Å²) in [7, 11) is 0. The van der Waals surface area contributed by atoms with Gasteiger partial charge < -0.3 is 10.6 Å². The highest BCUT2D eigenvalue weighted by Crippen LogP contribution is 2.14. The first-order valence-corrected chi connectivity index (χ1v) is 12.8. The van der Waals surface area contributed by atoms with Crippen molar-refractivity contribution in [3.8, 4) is 0 Å². The summed E-state index contributed by atoms with van der Waals surface area (Å²) < 4.78 is 0. The molecule has 172 valence electrons. The van der Waals surface area contributed by atoms with Gasteiger partial charge in [-0.15, -0.1) is 0 Å². The molecule has 3 heteroatoms. The molecule has 0 radical (unpaired) electrons. The number of unbranched alkanes of at least 4 members (excludes halogenated alkanes) is 14. The van der Waals surface area contributed by atoms with E-state index >= 15 is 0 Å². The van der Waals surface area contributed by atoms with Crippen LogP contribution in [0.1, 0.15) is 127 Å². The zero-order chi connectivity index (χ0) is 21.9. The van der Waals surface area contributed by atoms with Crippen LogP contribution in [0.4, 0.5) is 5.69 Å². The summed E-state index contributed by atoms with van der Waals surface area (Å²) in [5.74, 6) is 0.146. The first-order valence-electron chi connectivity index (χ1n) is 12.8. The Balaban J connectivity index is 2.37. The van der Waals surface area contributed by atoms with Gasteiger partial charge in [0, 0.05) is 24.3 Å². The Labute approximate surface area is 186 Å². The van der Waals surface area contributed by atoms with Crippen molar-refractivity contribution in [1.29, 1.82) is 0 Å². The quantitative estimate of drug-likeness (QED) is 0.183. The maximum atomic E-state index is 13.0. The van der Waals surface area contributed by atoms with Gasteiger partial charge in [0.1, 0.15) is 0 Å². The number of hydrogen-bond donors (Lipinski definition) is 1. The fourth-order valence-corrected chi connectivity index (χ4v) is 4.04. The molecule has 0 aliphatic rings. The number of carbonyl (C=O) groups is 1. The van der Waals surface area contributed by atoms with Crippen molar-refractivity contribution >= 4 is 11.6 Å². The Bertz CT molecular complexity index is 523. The summed E-state index contributed by atoms with van der Waals surface area (Å²) in [6, 6.07) is 7.44. The summed E-state index contributed by atoms with van der Waals surface area (Å²) in [6.07, 6.45) is 20.7. The minimum Gasteiger partial charge on any atom is -0.399 e. The van der Waals surface area contributed by atoms with E-state index in [2.05, 4.69) is 18.7 Å². The van der Waals surface area contributed by atoms with Crippen LogP contribution in [0.3, 0.4) is 0 Å². The van der Waals surface area contributed by atoms with Crippen molar-refractivity contribution in [3.63, 3.8) is 0 Å². The second-order valence-electron chi connectivity index (χ2n) is 8.87. The third-order valence-electron chi connectivity index (χ3n) is 5.98. The first kappa shape index (κ1) is 26.5. The molecule has 2 N–H and O–H groups in total. The molecular weight excluding hydrogens is 368 g/mol. The lowest BCUT2D eigenvalue weighted by Gasteiger charge is -2.23. The number of amides is 1. The number of hydrogen-bond acceptors (Lipinski definition) is 2. The molecule has 0 atom stereocenters. The smallest absolute Gasteiger partial charge is 0.253 e. The summed E-state index contributed by atoms with van der Waals surface area (Å²) in [4.78, 5) is 15.1. The molecule has 3 nitrogen and oxygen atoms in total. The van der Waals surface area contributed by atoms with E-state index in [1.807, 2.05) is 24.3 Å². The molecule has 0 saturated heterocycles. The van der Waals surface area contributed by atoms with Crippen LogP contribution in [-0.2, 0) is 0 Å². The third kappa shape index (κ3) is 12.9. The van der Waals surface area contributed by atoms with Gasteiger partial charge in [-0.2, -0.15) is 0 Å². The topological polar surface area (TPSA) is 46.3 Å². The lowest BCUT2D eigenvalue weighted by Crippen LogP contribution is -2.33. The zero-order valence-electron chi connectivity index (χ0n) is 20.0. The third-order valence-corrected chi connectivity index (χ3v) is 5.98. The van der Waals surface area contributed by atoms with Gasteiger partial charge in [0.2, 0.25) is 0 Å². The monoisotopic (exact) mass is 416 g/mol. The van der Waals surface area contributed by atoms with Gasteiger partial charge in [-0.3, -0.25) is 4.79 Å². The van der Waals surface area contributed by atoms with E-state index in [1.54, 1.807) is 0 Å². The molecule has 0 aliphatic carbocycles. The van der Waals surface area contributed by atoms with Crippen molar-refractivity contribution in [2.24, 2.45) is 0 Å². The highest BCUT2D eigenvalue weighted by atomic mass is 16.2. The molecule has 0 saturated carbocycles. The number of anilines is 1. The van der Waals surface area contributed by atoms with Gasteiger partial charge in [0.05, 0.1) is 0 Å². The molecule has 0 heterocycles. The Morgan fingerprint density at radius 2 is 1.13 bits per heavy atom. The Morgan fingerprint density at radius 1 is 0.700 bits per heavy atom. The van der Waals surface area contributed by atoms with Gasteiger partial charge in [-0.05, 0) is 31.0 Å². The second-order valence-corrected chi connectivity index (χ2v) is 8.87. The minimum atomic E-state index is 0.146. The second kappa shape index (κ2) is 18.3. The molecule has 1 aromatic carbocycles. The largest absolute Gasteiger partial charge is 0.399 e. The summed E-state index contributed by atoms with van der Waals surface area (Å²) in [5, 5.41) is 0. The Morgan fingerprint density at radius 3 is 1.57 bits per heavy atom. The van der Waals surface area contributed by atoms with Crippen LogP contribution in [0.5, 0.6) is 0 Å². The minimum absolute atomic E-state index is 0.146. The van der Waals surface area contributed by atoms with E-state index in [0.717, 1.165) is 31.5 Å². The van der Waals surface area contributed by atoms with Crippen molar-refractivity contribution in [2.75, 3.05) is 18.8 Å². The molecule has 0 aliphatic heterocycles. The number of nitrogen functional groups attached to an aromatic ring is 1. The van der Waals surface area contributed by atoms with Gasteiger partial charge >= 0.3 is 0 Å². The van der Waals surface area contributed by atoms with Crippen LogP contribution in [0.25, 0.3) is 0 Å². The molecule has 1 rings (SSSR count). The standard InChI is InChI=1S/C27H48N2O/c1-3-5-7-9-11-13-15-17-22-29(23-18-16-14-12-10-8-6-4-2)27(30)25-20-19-21-26(28)24-25/h19-21,24H,3-18,22-23,28H2,1-2H3. The molecule has 0 aromatic heterocycles. The zero-order valence-corrected chi connectivity index (χ0v) is 20.0. The van der Waals surface area contributed by atoms with Crippen molar-refractivity contribution in [3.05, 3.63) is 29.8 Å². The van der Waals surface area contributed by atoms with E-state index in [1.165, 1.54) is 89.9 Å². The molecule has 0 unspecified atom stereocenters. The number of nitrogens with two attached hydrogens (primary N) is 1. The first-order chi connectivity index (χ1) is 14.7. The summed E-state index contributed by atoms with van der Waals surface area (Å²) in [5.41, 5.74) is 7.30. The fourth-order valence-electron chi connectivity index (χ4n) is 4.04. The normalized spacial score (nSPS) is 11.0. The predicted molar refractivity (Wildman–Crippen MR) is 132 cm³/mol. The highest BCUT2D eigenvalue weighted by Gasteiger charge is 2.15. The molecule has 30 heavy (non-hydrogen) atoms. The van der Waals surface area contributed by atoms with Crippen LogP contribution in [0, 0.1) is 0 Å². The van der Waals surface area contributed by atoms with Crippen LogP contribution < -0.4 is 5.73 Å². The molecular formula is C27H48N2O. The van der Waals surface area contributed by atoms with Crippen LogP contribution in [0.15, 0.2) is 24.3 Å². The fraction of sp³-hybridized carbons (Fsp3) is 0.741. The van der Waals surface area contributed by atoms with Gasteiger partial charge in [-0.25, -0.2) is 0 Å². The van der Waals surface area contributed by atoms with Crippen LogP contribution in [0.2, 0.25) is 0 Å². The lowest BCUT2D eigenvalue weighted by molar-refractivity contribution is 0.0749. The predicted octanol–water partition coefficient (Wildman–Crippen LogP) is 7.99. The molecule has 0 spiro atoms. The van der Waals surface area contributed by atoms with Crippen molar-refractivity contribution in [1.82, 2.24) is 4.90 Å². The van der Waals surface area contributed by atoms with Gasteiger partial charge in [0.15, 0.2) is 0 Å². The van der Waals surface area contributed by atoms with E-state index in [0.29, 0.717) is 5.69 Å². The van der Waals surface area contributed by atoms with E-state index < -0.39 is 0 Å². The number of benzene rings is 1. The van der Waals surface area contributed by atoms with Crippen molar-refractivity contribution in [2.45, 2.75) is 117 Å². The molecule has 0 bridgehead atoms. The number of carbonyl (C=O) groups excluding carboxylic acids is 1. The van der Waals surface area contributed by atoms with Crippen LogP contribution >= 0.6 is 0 Å². The van der Waals surface area contributed by atoms with Gasteiger partial charge in [-0.1, -0.05) is 110 Å². The number of nitrogens with zero attached hydrogens (tertiary/aromatic N) is 1. The number of rotatable bonds is 19. The van der Waals surface area contributed by atoms with E-state index in [4.69, 9.17) is 5.73 Å². The maximum absolute atomic E-state index is 13.0. The summed E-state index contributed by atoms with van der Waals surface area (Å²) in [6.45, 7) is 6.27. The molecule has 1 amide bonds. The van der Waals surface area contributed by atoms with E-state index in [9.17, 15) is 4.79 Å². The van der Waals surface area contributed by atoms with Gasteiger partial charge in [0.25, 0.3) is 5.91 Å². The SMILES string of the molecule is CCCCCCCCCCN(CCCCCCCCCC)C(=O)c1cccc(N)c1. The van der Waals surface area contributed by atoms with Crippen LogP contribution in [-0.4, -0.2) is 23.9 Å². The van der Waals surface area contributed by atoms with E-state index in [-0.39, 0.29) is 5.91 Å². The molecule has 0 fully saturated rings. The Hall–Kier alpha value is -1.51.